The minimum absolute atomic E-state index is 0.286. The van der Waals surface area contributed by atoms with Crippen LogP contribution in [-0.2, 0) is 6.54 Å². The Bertz CT molecular complexity index is 1240. The van der Waals surface area contributed by atoms with Crippen molar-refractivity contribution in [2.75, 3.05) is 44.3 Å². The van der Waals surface area contributed by atoms with Crippen LogP contribution in [0.5, 0.6) is 0 Å². The van der Waals surface area contributed by atoms with Crippen molar-refractivity contribution in [2.45, 2.75) is 13.5 Å². The lowest BCUT2D eigenvalue weighted by Crippen LogP contribution is -2.43. The van der Waals surface area contributed by atoms with Gasteiger partial charge in [-0.1, -0.05) is 23.6 Å². The summed E-state index contributed by atoms with van der Waals surface area (Å²) in [5.41, 5.74) is 9.45. The van der Waals surface area contributed by atoms with E-state index in [1.807, 2.05) is 19.1 Å². The summed E-state index contributed by atoms with van der Waals surface area (Å²) in [5.74, 6) is 5.96. The van der Waals surface area contributed by atoms with Crippen molar-refractivity contribution in [3.05, 3.63) is 75.7 Å². The maximum Gasteiger partial charge on any atom is 0.257 e. The predicted molar refractivity (Wildman–Crippen MR) is 134 cm³/mol. The molecule has 0 aliphatic carbocycles. The van der Waals surface area contributed by atoms with Crippen molar-refractivity contribution < 1.29 is 4.79 Å². The third-order valence-corrected chi connectivity index (χ3v) is 6.01. The Balaban J connectivity index is 1.44. The highest BCUT2D eigenvalue weighted by Gasteiger charge is 2.16. The molecule has 0 spiro atoms. The summed E-state index contributed by atoms with van der Waals surface area (Å²) in [6.07, 6.45) is 1.53. The highest BCUT2D eigenvalue weighted by atomic mass is 35.5. The summed E-state index contributed by atoms with van der Waals surface area (Å²) in [6.45, 7) is 6.76. The quantitative estimate of drug-likeness (QED) is 0.559. The highest BCUT2D eigenvalue weighted by molar-refractivity contribution is 6.31. The molecule has 8 nitrogen and oxygen atoms in total. The van der Waals surface area contributed by atoms with E-state index in [2.05, 4.69) is 49.2 Å². The minimum atomic E-state index is -0.286. The Kier molecular flexibility index (Phi) is 7.38. The molecule has 1 aliphatic rings. The molecule has 1 fully saturated rings. The Labute approximate surface area is 204 Å². The lowest BCUT2D eigenvalue weighted by Gasteiger charge is -2.32. The fraction of sp³-hybridized carbons (Fsp3) is 0.280. The zero-order valence-corrected chi connectivity index (χ0v) is 19.9. The molecule has 2 aromatic heterocycles. The van der Waals surface area contributed by atoms with Crippen LogP contribution in [0.3, 0.4) is 0 Å². The normalized spacial score (nSPS) is 14.3. The number of rotatable bonds is 4. The zero-order valence-electron chi connectivity index (χ0n) is 19.2. The van der Waals surface area contributed by atoms with Gasteiger partial charge in [0.05, 0.1) is 11.3 Å². The molecular weight excluding hydrogens is 450 g/mol. The molecule has 1 saturated heterocycles. The Morgan fingerprint density at radius 2 is 1.91 bits per heavy atom. The van der Waals surface area contributed by atoms with Gasteiger partial charge in [-0.25, -0.2) is 0 Å². The number of nitrogens with two attached hydrogens (primary N) is 1. The number of hydrogen-bond acceptors (Lipinski definition) is 7. The second-order valence-corrected chi connectivity index (χ2v) is 8.70. The molecule has 34 heavy (non-hydrogen) atoms. The number of piperazine rings is 1. The van der Waals surface area contributed by atoms with Crippen molar-refractivity contribution in [3.63, 3.8) is 0 Å². The smallest absolute Gasteiger partial charge is 0.257 e. The van der Waals surface area contributed by atoms with E-state index < -0.39 is 0 Å². The fourth-order valence-corrected chi connectivity index (χ4v) is 3.77. The molecule has 1 amide bonds. The number of anilines is 2. The fourth-order valence-electron chi connectivity index (χ4n) is 3.53. The topological polar surface area (TPSA) is 100 Å². The van der Waals surface area contributed by atoms with E-state index in [0.717, 1.165) is 38.3 Å². The third-order valence-electron chi connectivity index (χ3n) is 5.66. The molecule has 0 atom stereocenters. The average molecular weight is 476 g/mol. The van der Waals surface area contributed by atoms with Crippen LogP contribution in [0.25, 0.3) is 0 Å². The molecule has 3 aromatic rings. The van der Waals surface area contributed by atoms with Gasteiger partial charge in [0, 0.05) is 55.2 Å². The van der Waals surface area contributed by atoms with Crippen LogP contribution in [0, 0.1) is 18.8 Å². The van der Waals surface area contributed by atoms with Crippen molar-refractivity contribution in [1.29, 1.82) is 0 Å². The van der Waals surface area contributed by atoms with Gasteiger partial charge >= 0.3 is 0 Å². The van der Waals surface area contributed by atoms with Gasteiger partial charge in [-0.2, -0.15) is 0 Å². The number of nitrogens with zero attached hydrogens (tertiary/aromatic N) is 5. The first-order valence-electron chi connectivity index (χ1n) is 11.0. The van der Waals surface area contributed by atoms with E-state index in [4.69, 9.17) is 17.3 Å². The molecule has 0 bridgehead atoms. The maximum atomic E-state index is 12.8. The summed E-state index contributed by atoms with van der Waals surface area (Å²) in [4.78, 5) is 21.9. The molecule has 4 rings (SSSR count). The van der Waals surface area contributed by atoms with Gasteiger partial charge in [0.1, 0.15) is 11.5 Å². The van der Waals surface area contributed by atoms with E-state index in [0.29, 0.717) is 39.0 Å². The van der Waals surface area contributed by atoms with E-state index >= 15 is 0 Å². The molecule has 0 unspecified atom stereocenters. The van der Waals surface area contributed by atoms with Gasteiger partial charge in [-0.3, -0.25) is 14.7 Å². The van der Waals surface area contributed by atoms with Crippen LogP contribution in [0.2, 0.25) is 5.02 Å². The maximum absolute atomic E-state index is 12.8. The van der Waals surface area contributed by atoms with Gasteiger partial charge in [-0.15, -0.1) is 10.2 Å². The number of aromatic nitrogens is 3. The van der Waals surface area contributed by atoms with Crippen LogP contribution in [0.15, 0.2) is 42.6 Å². The first-order chi connectivity index (χ1) is 16.4. The second-order valence-electron chi connectivity index (χ2n) is 8.29. The van der Waals surface area contributed by atoms with Gasteiger partial charge < -0.3 is 16.0 Å². The van der Waals surface area contributed by atoms with Crippen molar-refractivity contribution in [2.24, 2.45) is 0 Å². The third kappa shape index (κ3) is 6.08. The summed E-state index contributed by atoms with van der Waals surface area (Å²) in [7, 11) is 2.13. The number of carbonyl (C=O) groups is 1. The van der Waals surface area contributed by atoms with Gasteiger partial charge in [0.25, 0.3) is 5.91 Å². The molecular formula is C25H26ClN7O. The van der Waals surface area contributed by atoms with Crippen LogP contribution in [0.1, 0.15) is 32.9 Å². The van der Waals surface area contributed by atoms with E-state index in [1.54, 1.807) is 24.3 Å². The highest BCUT2D eigenvalue weighted by Crippen LogP contribution is 2.23. The number of benzene rings is 1. The Hall–Kier alpha value is -3.51. The molecule has 3 heterocycles. The summed E-state index contributed by atoms with van der Waals surface area (Å²) in [6, 6.07) is 10.6. The van der Waals surface area contributed by atoms with Gasteiger partial charge in [0.15, 0.2) is 0 Å². The predicted octanol–water partition coefficient (Wildman–Crippen LogP) is 2.82. The monoisotopic (exact) mass is 475 g/mol. The van der Waals surface area contributed by atoms with Gasteiger partial charge in [-0.05, 0) is 55.8 Å². The lowest BCUT2D eigenvalue weighted by molar-refractivity contribution is 0.102. The molecule has 0 radical (unpaired) electrons. The number of nitrogens with one attached hydrogen (secondary N) is 1. The number of aryl methyl sites for hydroxylation is 1. The summed E-state index contributed by atoms with van der Waals surface area (Å²) >= 11 is 6.52. The SMILES string of the molecule is Cc1ncc(C(=O)Nc2ccc(CN3CCN(C)CC3)c(Cl)c2)cc1C#Cc1ccc(N)nn1. The number of hydrogen-bond donors (Lipinski definition) is 2. The molecule has 1 aliphatic heterocycles. The molecule has 174 valence electrons. The number of carbonyl (C=O) groups excluding carboxylic acids is 1. The Morgan fingerprint density at radius 1 is 1.12 bits per heavy atom. The van der Waals surface area contributed by atoms with E-state index in [9.17, 15) is 4.79 Å². The lowest BCUT2D eigenvalue weighted by atomic mass is 10.1. The average Bonchev–Trinajstić information content (AvgIpc) is 2.82. The first kappa shape index (κ1) is 23.6. The Morgan fingerprint density at radius 3 is 2.62 bits per heavy atom. The molecule has 9 heteroatoms. The first-order valence-corrected chi connectivity index (χ1v) is 11.3. The van der Waals surface area contributed by atoms with Crippen molar-refractivity contribution in [1.82, 2.24) is 25.0 Å². The van der Waals surface area contributed by atoms with E-state index in [-0.39, 0.29) is 5.91 Å². The zero-order chi connectivity index (χ0) is 24.1. The molecule has 0 saturated carbocycles. The second kappa shape index (κ2) is 10.6. The number of nitrogen functional groups attached to an aromatic ring is 1. The minimum Gasteiger partial charge on any atom is -0.382 e. The molecule has 3 N–H and O–H groups in total. The van der Waals surface area contributed by atoms with Gasteiger partial charge in [0.2, 0.25) is 0 Å². The van der Waals surface area contributed by atoms with Crippen LogP contribution in [0.4, 0.5) is 11.5 Å². The number of amides is 1. The van der Waals surface area contributed by atoms with Crippen LogP contribution < -0.4 is 11.1 Å². The van der Waals surface area contributed by atoms with Crippen LogP contribution >= 0.6 is 11.6 Å². The number of halogens is 1. The summed E-state index contributed by atoms with van der Waals surface area (Å²) in [5, 5.41) is 11.2. The largest absolute Gasteiger partial charge is 0.382 e. The van der Waals surface area contributed by atoms with E-state index in [1.165, 1.54) is 6.20 Å². The number of pyridine rings is 1. The van der Waals surface area contributed by atoms with Crippen LogP contribution in [-0.4, -0.2) is 64.1 Å². The number of likely N-dealkylation sites (N-methyl/N-ethyl adjacent to an activating group) is 1. The van der Waals surface area contributed by atoms with Crippen molar-refractivity contribution >= 4 is 29.0 Å². The molecule has 1 aromatic carbocycles. The van der Waals surface area contributed by atoms with Crippen molar-refractivity contribution in [3.8, 4) is 11.8 Å². The summed E-state index contributed by atoms with van der Waals surface area (Å²) < 4.78 is 0. The standard InChI is InChI=1S/C25H26ClN7O/c1-17-18(3-5-21-7-8-24(27)31-30-21)13-20(15-28-17)25(34)29-22-6-4-19(23(26)14-22)16-33-11-9-32(2)10-12-33/h4,6-8,13-15H,9-12,16H2,1-2H3,(H2,27,31)(H,29,34).